The van der Waals surface area contributed by atoms with Crippen molar-refractivity contribution in [3.63, 3.8) is 0 Å². The van der Waals surface area contributed by atoms with Crippen LogP contribution >= 0.6 is 0 Å². The summed E-state index contributed by atoms with van der Waals surface area (Å²) in [7, 11) is -3.84. The summed E-state index contributed by atoms with van der Waals surface area (Å²) in [6.07, 6.45) is 3.44. The lowest BCUT2D eigenvalue weighted by Crippen LogP contribution is -2.31. The molecule has 1 fully saturated rings. The molecule has 0 aromatic heterocycles. The number of nitrogens with zero attached hydrogens (tertiary/aromatic N) is 2. The summed E-state index contributed by atoms with van der Waals surface area (Å²) in [5.41, 5.74) is -0.533. The molecule has 0 bridgehead atoms. The van der Waals surface area contributed by atoms with Crippen molar-refractivity contribution in [2.45, 2.75) is 30.6 Å². The van der Waals surface area contributed by atoms with Gasteiger partial charge in [-0.15, -0.1) is 0 Å². The molecule has 0 amide bonds. The van der Waals surface area contributed by atoms with E-state index in [0.29, 0.717) is 13.1 Å². The van der Waals surface area contributed by atoms with E-state index in [-0.39, 0.29) is 16.4 Å². The van der Waals surface area contributed by atoms with Gasteiger partial charge in [-0.1, -0.05) is 25.0 Å². The minimum atomic E-state index is -3.84. The van der Waals surface area contributed by atoms with Gasteiger partial charge in [-0.3, -0.25) is 10.1 Å². The highest BCUT2D eigenvalue weighted by Gasteiger charge is 2.28. The van der Waals surface area contributed by atoms with Crippen LogP contribution in [-0.4, -0.2) is 30.7 Å². The molecule has 0 atom stereocenters. The van der Waals surface area contributed by atoms with E-state index in [1.807, 2.05) is 0 Å². The molecular formula is C18H19FN2O5S. The van der Waals surface area contributed by atoms with Gasteiger partial charge >= 0.3 is 5.69 Å². The van der Waals surface area contributed by atoms with Gasteiger partial charge < -0.3 is 4.74 Å². The molecule has 1 saturated heterocycles. The number of benzene rings is 2. The van der Waals surface area contributed by atoms with Crippen molar-refractivity contribution in [3.05, 3.63) is 58.4 Å². The lowest BCUT2D eigenvalue weighted by atomic mass is 10.2. The summed E-state index contributed by atoms with van der Waals surface area (Å²) in [6.45, 7) is 0.785. The number of halogens is 1. The van der Waals surface area contributed by atoms with Gasteiger partial charge in [0.15, 0.2) is 11.6 Å². The first-order valence-corrected chi connectivity index (χ1v) is 10.0. The Hall–Kier alpha value is -2.52. The number of ether oxygens (including phenoxy) is 1. The van der Waals surface area contributed by atoms with Crippen LogP contribution in [0.2, 0.25) is 0 Å². The predicted octanol–water partition coefficient (Wildman–Crippen LogP) is 4.09. The summed E-state index contributed by atoms with van der Waals surface area (Å²) >= 11 is 0. The average Bonchev–Trinajstić information content (AvgIpc) is 2.93. The third kappa shape index (κ3) is 4.25. The van der Waals surface area contributed by atoms with Crippen LogP contribution in [-0.2, 0) is 10.0 Å². The summed E-state index contributed by atoms with van der Waals surface area (Å²) in [5, 5.41) is 11.4. The van der Waals surface area contributed by atoms with Crippen molar-refractivity contribution in [1.82, 2.24) is 4.31 Å². The zero-order valence-electron chi connectivity index (χ0n) is 14.5. The van der Waals surface area contributed by atoms with Gasteiger partial charge in [0.25, 0.3) is 0 Å². The zero-order valence-corrected chi connectivity index (χ0v) is 15.3. The first-order chi connectivity index (χ1) is 12.9. The highest BCUT2D eigenvalue weighted by Crippen LogP contribution is 2.35. The molecule has 3 rings (SSSR count). The molecule has 7 nitrogen and oxygen atoms in total. The van der Waals surface area contributed by atoms with E-state index in [0.717, 1.165) is 31.7 Å². The molecule has 0 unspecified atom stereocenters. The Labute approximate surface area is 156 Å². The maximum Gasteiger partial charge on any atom is 0.312 e. The fourth-order valence-corrected chi connectivity index (χ4v) is 4.50. The van der Waals surface area contributed by atoms with Gasteiger partial charge in [-0.2, -0.15) is 4.31 Å². The lowest BCUT2D eigenvalue weighted by molar-refractivity contribution is -0.385. The number of hydrogen-bond acceptors (Lipinski definition) is 5. The molecule has 0 saturated carbocycles. The maximum absolute atomic E-state index is 13.8. The topological polar surface area (TPSA) is 89.8 Å². The molecule has 1 heterocycles. The minimum absolute atomic E-state index is 0.169. The lowest BCUT2D eigenvalue weighted by Gasteiger charge is -2.20. The molecule has 9 heteroatoms. The van der Waals surface area contributed by atoms with Crippen molar-refractivity contribution in [2.24, 2.45) is 0 Å². The molecule has 0 N–H and O–H groups in total. The maximum atomic E-state index is 13.8. The summed E-state index contributed by atoms with van der Waals surface area (Å²) in [5.74, 6) is -1.07. The monoisotopic (exact) mass is 394 g/mol. The molecule has 2 aromatic carbocycles. The minimum Gasteiger partial charge on any atom is -0.447 e. The quantitative estimate of drug-likeness (QED) is 0.563. The Balaban J connectivity index is 1.96. The number of para-hydroxylation sites is 1. The molecule has 0 radical (unpaired) electrons. The van der Waals surface area contributed by atoms with Crippen molar-refractivity contribution in [1.29, 1.82) is 0 Å². The van der Waals surface area contributed by atoms with E-state index in [4.69, 9.17) is 4.74 Å². The van der Waals surface area contributed by atoms with Gasteiger partial charge in [0.1, 0.15) is 0 Å². The van der Waals surface area contributed by atoms with Gasteiger partial charge in [-0.25, -0.2) is 12.8 Å². The Bertz CT molecular complexity index is 941. The predicted molar refractivity (Wildman–Crippen MR) is 96.8 cm³/mol. The van der Waals surface area contributed by atoms with Gasteiger partial charge in [0, 0.05) is 19.2 Å². The van der Waals surface area contributed by atoms with Crippen molar-refractivity contribution in [2.75, 3.05) is 13.1 Å². The van der Waals surface area contributed by atoms with E-state index >= 15 is 0 Å². The molecule has 2 aromatic rings. The first kappa shape index (κ1) is 19.2. The highest BCUT2D eigenvalue weighted by atomic mass is 32.2. The van der Waals surface area contributed by atoms with Crippen LogP contribution in [0.4, 0.5) is 10.1 Å². The fourth-order valence-electron chi connectivity index (χ4n) is 2.96. The number of nitro groups is 1. The Morgan fingerprint density at radius 2 is 1.67 bits per heavy atom. The van der Waals surface area contributed by atoms with Crippen LogP contribution in [0.3, 0.4) is 0 Å². The van der Waals surface area contributed by atoms with Crippen LogP contribution in [0.5, 0.6) is 11.5 Å². The molecule has 27 heavy (non-hydrogen) atoms. The smallest absolute Gasteiger partial charge is 0.312 e. The number of sulfonamides is 1. The molecular weight excluding hydrogens is 375 g/mol. The normalized spacial score (nSPS) is 15.9. The Kier molecular flexibility index (Phi) is 5.71. The van der Waals surface area contributed by atoms with Crippen LogP contribution in [0.1, 0.15) is 25.7 Å². The Morgan fingerprint density at radius 3 is 2.30 bits per heavy atom. The summed E-state index contributed by atoms with van der Waals surface area (Å²) in [4.78, 5) is 10.5. The van der Waals surface area contributed by atoms with Gasteiger partial charge in [0.2, 0.25) is 15.8 Å². The summed E-state index contributed by atoms with van der Waals surface area (Å²) < 4.78 is 46.1. The average molecular weight is 394 g/mol. The van der Waals surface area contributed by atoms with Gasteiger partial charge in [0.05, 0.1) is 9.82 Å². The third-order valence-corrected chi connectivity index (χ3v) is 6.28. The second kappa shape index (κ2) is 8.01. The van der Waals surface area contributed by atoms with Crippen molar-refractivity contribution >= 4 is 15.7 Å². The van der Waals surface area contributed by atoms with Gasteiger partial charge in [-0.05, 0) is 37.1 Å². The first-order valence-electron chi connectivity index (χ1n) is 8.60. The van der Waals surface area contributed by atoms with Crippen molar-refractivity contribution in [3.8, 4) is 11.5 Å². The van der Waals surface area contributed by atoms with E-state index in [1.54, 1.807) is 0 Å². The van der Waals surface area contributed by atoms with E-state index in [1.165, 1.54) is 40.7 Å². The number of rotatable bonds is 5. The van der Waals surface area contributed by atoms with E-state index < -0.39 is 26.5 Å². The molecule has 0 aliphatic carbocycles. The molecule has 144 valence electrons. The molecule has 1 aliphatic heterocycles. The number of hydrogen-bond donors (Lipinski definition) is 0. The molecule has 0 spiro atoms. The van der Waals surface area contributed by atoms with Crippen molar-refractivity contribution < 1.29 is 22.5 Å². The SMILES string of the molecule is O=[N+]([O-])c1cc(S(=O)(=O)N2CCCCCC2)ccc1Oc1ccccc1F. The Morgan fingerprint density at radius 1 is 1.00 bits per heavy atom. The van der Waals surface area contributed by atoms with Crippen LogP contribution < -0.4 is 4.74 Å². The third-order valence-electron chi connectivity index (χ3n) is 4.39. The number of nitro benzene ring substituents is 1. The van der Waals surface area contributed by atoms with E-state index in [9.17, 15) is 22.9 Å². The fraction of sp³-hybridized carbons (Fsp3) is 0.333. The van der Waals surface area contributed by atoms with Crippen LogP contribution in [0.15, 0.2) is 47.4 Å². The highest BCUT2D eigenvalue weighted by molar-refractivity contribution is 7.89. The van der Waals surface area contributed by atoms with Crippen LogP contribution in [0, 0.1) is 15.9 Å². The zero-order chi connectivity index (χ0) is 19.4. The summed E-state index contributed by atoms with van der Waals surface area (Å²) in [6, 6.07) is 8.91. The standard InChI is InChI=1S/C18H19FN2O5S/c19-15-7-3-4-8-17(15)26-18-10-9-14(13-16(18)21(22)23)27(24,25)20-11-5-1-2-6-12-20/h3-4,7-10,13H,1-2,5-6,11-12H2. The van der Waals surface area contributed by atoms with Crippen LogP contribution in [0.25, 0.3) is 0 Å². The molecule has 1 aliphatic rings. The second-order valence-corrected chi connectivity index (χ2v) is 8.18. The largest absolute Gasteiger partial charge is 0.447 e. The second-order valence-electron chi connectivity index (χ2n) is 6.24. The van der Waals surface area contributed by atoms with E-state index in [2.05, 4.69) is 0 Å².